The van der Waals surface area contributed by atoms with Gasteiger partial charge in [-0.1, -0.05) is 25.4 Å². The maximum absolute atomic E-state index is 12.0. The van der Waals surface area contributed by atoms with E-state index < -0.39 is 0 Å². The SMILES string of the molecule is CCc1nnc(NCCNC(=O)c2ccc(Cl)cc2)c(C#N)c1CC. The highest BCUT2D eigenvalue weighted by atomic mass is 35.5. The number of amides is 1. The zero-order chi connectivity index (χ0) is 18.2. The van der Waals surface area contributed by atoms with Gasteiger partial charge in [0.05, 0.1) is 5.69 Å². The summed E-state index contributed by atoms with van der Waals surface area (Å²) in [4.78, 5) is 12.0. The Hall–Kier alpha value is -2.65. The van der Waals surface area contributed by atoms with Crippen LogP contribution in [0.5, 0.6) is 0 Å². The van der Waals surface area contributed by atoms with Gasteiger partial charge in [0.25, 0.3) is 5.91 Å². The summed E-state index contributed by atoms with van der Waals surface area (Å²) in [6.45, 7) is 4.82. The van der Waals surface area contributed by atoms with Crippen molar-refractivity contribution in [3.63, 3.8) is 0 Å². The van der Waals surface area contributed by atoms with E-state index in [1.54, 1.807) is 24.3 Å². The molecular weight excluding hydrogens is 338 g/mol. The van der Waals surface area contributed by atoms with Gasteiger partial charge in [-0.15, -0.1) is 5.10 Å². The van der Waals surface area contributed by atoms with E-state index in [0.717, 1.165) is 24.1 Å². The van der Waals surface area contributed by atoms with E-state index in [1.807, 2.05) is 13.8 Å². The molecule has 0 bridgehead atoms. The molecule has 6 nitrogen and oxygen atoms in total. The molecule has 130 valence electrons. The molecule has 1 aromatic carbocycles. The fourth-order valence-electron chi connectivity index (χ4n) is 2.48. The van der Waals surface area contributed by atoms with Crippen molar-refractivity contribution >= 4 is 23.3 Å². The van der Waals surface area contributed by atoms with Crippen LogP contribution in [0.2, 0.25) is 5.02 Å². The molecule has 2 rings (SSSR count). The molecule has 1 aromatic heterocycles. The number of carbonyl (C=O) groups excluding carboxylic acids is 1. The summed E-state index contributed by atoms with van der Waals surface area (Å²) in [6, 6.07) is 8.89. The first kappa shape index (κ1) is 18.7. The number of halogens is 1. The Bertz CT molecular complexity index is 783. The molecule has 0 atom stereocenters. The summed E-state index contributed by atoms with van der Waals surface area (Å²) in [5.74, 6) is 0.276. The van der Waals surface area contributed by atoms with Crippen molar-refractivity contribution < 1.29 is 4.79 Å². The summed E-state index contributed by atoms with van der Waals surface area (Å²) >= 11 is 5.80. The van der Waals surface area contributed by atoms with Gasteiger partial charge in [-0.05, 0) is 42.7 Å². The van der Waals surface area contributed by atoms with Gasteiger partial charge >= 0.3 is 0 Å². The van der Waals surface area contributed by atoms with Gasteiger partial charge in [-0.3, -0.25) is 4.79 Å². The first-order valence-electron chi connectivity index (χ1n) is 8.16. The number of nitrogens with zero attached hydrogens (tertiary/aromatic N) is 3. The predicted octanol–water partition coefficient (Wildman–Crippen LogP) is 2.97. The standard InChI is InChI=1S/C18H20ClN5O/c1-3-14-15(11-20)17(24-23-16(14)4-2)21-9-10-22-18(25)12-5-7-13(19)8-6-12/h5-8H,3-4,9-10H2,1-2H3,(H,21,24)(H,22,25). The minimum Gasteiger partial charge on any atom is -0.366 e. The molecule has 0 aliphatic carbocycles. The Morgan fingerprint density at radius 2 is 1.88 bits per heavy atom. The van der Waals surface area contributed by atoms with E-state index in [-0.39, 0.29) is 5.91 Å². The van der Waals surface area contributed by atoms with Gasteiger partial charge in [-0.25, -0.2) is 0 Å². The smallest absolute Gasteiger partial charge is 0.251 e. The minimum atomic E-state index is -0.180. The third kappa shape index (κ3) is 4.68. The van der Waals surface area contributed by atoms with Gasteiger partial charge in [0.1, 0.15) is 11.6 Å². The van der Waals surface area contributed by atoms with Crippen LogP contribution in [0, 0.1) is 11.3 Å². The number of nitrogens with one attached hydrogen (secondary N) is 2. The van der Waals surface area contributed by atoms with Crippen LogP contribution in [0.3, 0.4) is 0 Å². The Labute approximate surface area is 152 Å². The number of aromatic nitrogens is 2. The summed E-state index contributed by atoms with van der Waals surface area (Å²) in [6.07, 6.45) is 1.46. The number of aryl methyl sites for hydroxylation is 1. The maximum atomic E-state index is 12.0. The summed E-state index contributed by atoms with van der Waals surface area (Å²) in [5.41, 5.74) is 2.84. The monoisotopic (exact) mass is 357 g/mol. The van der Waals surface area contributed by atoms with E-state index in [0.29, 0.717) is 35.1 Å². The van der Waals surface area contributed by atoms with Crippen molar-refractivity contribution in [3.05, 3.63) is 51.7 Å². The van der Waals surface area contributed by atoms with E-state index in [9.17, 15) is 10.1 Å². The highest BCUT2D eigenvalue weighted by Crippen LogP contribution is 2.19. The second kappa shape index (κ2) is 9.00. The predicted molar refractivity (Wildman–Crippen MR) is 97.8 cm³/mol. The zero-order valence-electron chi connectivity index (χ0n) is 14.3. The Morgan fingerprint density at radius 3 is 2.48 bits per heavy atom. The molecule has 25 heavy (non-hydrogen) atoms. The molecule has 7 heteroatoms. The molecule has 2 aromatic rings. The molecule has 0 radical (unpaired) electrons. The van der Waals surface area contributed by atoms with E-state index in [1.165, 1.54) is 0 Å². The van der Waals surface area contributed by atoms with Crippen molar-refractivity contribution in [2.24, 2.45) is 0 Å². The number of anilines is 1. The average molecular weight is 358 g/mol. The van der Waals surface area contributed by atoms with Crippen molar-refractivity contribution in [2.75, 3.05) is 18.4 Å². The van der Waals surface area contributed by atoms with E-state index >= 15 is 0 Å². The molecule has 0 spiro atoms. The highest BCUT2D eigenvalue weighted by molar-refractivity contribution is 6.30. The average Bonchev–Trinajstić information content (AvgIpc) is 2.64. The second-order valence-corrected chi connectivity index (χ2v) is 5.79. The minimum absolute atomic E-state index is 0.180. The number of rotatable bonds is 7. The van der Waals surface area contributed by atoms with Crippen LogP contribution in [0.15, 0.2) is 24.3 Å². The first-order chi connectivity index (χ1) is 12.1. The lowest BCUT2D eigenvalue weighted by Gasteiger charge is -2.12. The van der Waals surface area contributed by atoms with Crippen molar-refractivity contribution in [1.82, 2.24) is 15.5 Å². The number of nitriles is 1. The largest absolute Gasteiger partial charge is 0.366 e. The van der Waals surface area contributed by atoms with Gasteiger partial charge in [0, 0.05) is 23.7 Å². The molecule has 0 fully saturated rings. The maximum Gasteiger partial charge on any atom is 0.251 e. The Balaban J connectivity index is 1.95. The molecule has 0 aliphatic rings. The lowest BCUT2D eigenvalue weighted by atomic mass is 10.0. The Morgan fingerprint density at radius 1 is 1.16 bits per heavy atom. The van der Waals surface area contributed by atoms with Crippen LogP contribution in [0.25, 0.3) is 0 Å². The lowest BCUT2D eigenvalue weighted by molar-refractivity contribution is 0.0955. The molecule has 1 heterocycles. The third-order valence-electron chi connectivity index (χ3n) is 3.77. The summed E-state index contributed by atoms with van der Waals surface area (Å²) < 4.78 is 0. The van der Waals surface area contributed by atoms with Gasteiger partial charge in [0.15, 0.2) is 5.82 Å². The molecule has 0 saturated heterocycles. The fourth-order valence-corrected chi connectivity index (χ4v) is 2.60. The highest BCUT2D eigenvalue weighted by Gasteiger charge is 2.14. The van der Waals surface area contributed by atoms with Crippen LogP contribution >= 0.6 is 11.6 Å². The summed E-state index contributed by atoms with van der Waals surface area (Å²) in [5, 5.41) is 24.2. The second-order valence-electron chi connectivity index (χ2n) is 5.36. The van der Waals surface area contributed by atoms with E-state index in [2.05, 4.69) is 26.9 Å². The third-order valence-corrected chi connectivity index (χ3v) is 4.02. The van der Waals surface area contributed by atoms with Crippen molar-refractivity contribution in [2.45, 2.75) is 26.7 Å². The summed E-state index contributed by atoms with van der Waals surface area (Å²) in [7, 11) is 0. The number of hydrogen-bond donors (Lipinski definition) is 2. The molecule has 1 amide bonds. The molecule has 0 saturated carbocycles. The van der Waals surface area contributed by atoms with Crippen LogP contribution < -0.4 is 10.6 Å². The number of benzene rings is 1. The number of hydrogen-bond acceptors (Lipinski definition) is 5. The number of carbonyl (C=O) groups is 1. The molecular formula is C18H20ClN5O. The van der Waals surface area contributed by atoms with Gasteiger partial charge in [-0.2, -0.15) is 10.4 Å². The van der Waals surface area contributed by atoms with Crippen LogP contribution in [-0.4, -0.2) is 29.2 Å². The van der Waals surface area contributed by atoms with Crippen LogP contribution in [0.1, 0.15) is 41.0 Å². The topological polar surface area (TPSA) is 90.7 Å². The van der Waals surface area contributed by atoms with Gasteiger partial charge < -0.3 is 10.6 Å². The van der Waals surface area contributed by atoms with Crippen LogP contribution in [-0.2, 0) is 12.8 Å². The van der Waals surface area contributed by atoms with Crippen molar-refractivity contribution in [3.8, 4) is 6.07 Å². The molecule has 2 N–H and O–H groups in total. The zero-order valence-corrected chi connectivity index (χ0v) is 15.0. The van der Waals surface area contributed by atoms with Gasteiger partial charge in [0.2, 0.25) is 0 Å². The Kier molecular flexibility index (Phi) is 6.72. The fraction of sp³-hybridized carbons (Fsp3) is 0.333. The molecule has 0 aliphatic heterocycles. The van der Waals surface area contributed by atoms with Crippen LogP contribution in [0.4, 0.5) is 5.82 Å². The quantitative estimate of drug-likeness (QED) is 0.743. The normalized spacial score (nSPS) is 10.2. The molecule has 0 unspecified atom stereocenters. The van der Waals surface area contributed by atoms with Crippen molar-refractivity contribution in [1.29, 1.82) is 5.26 Å². The first-order valence-corrected chi connectivity index (χ1v) is 8.54. The lowest BCUT2D eigenvalue weighted by Crippen LogP contribution is -2.29. The van der Waals surface area contributed by atoms with E-state index in [4.69, 9.17) is 11.6 Å².